The van der Waals surface area contributed by atoms with Gasteiger partial charge in [0.1, 0.15) is 4.90 Å². The zero-order valence-corrected chi connectivity index (χ0v) is 11.6. The number of sulfonamides is 1. The Hall–Kier alpha value is -2.05. The van der Waals surface area contributed by atoms with Crippen molar-refractivity contribution in [2.75, 3.05) is 4.72 Å². The van der Waals surface area contributed by atoms with Gasteiger partial charge >= 0.3 is 0 Å². The van der Waals surface area contributed by atoms with E-state index in [1.165, 1.54) is 12.1 Å². The SMILES string of the molecule is O=C([O-])c1ccc(Cl)c(S(=O)(=O)Nc2ccccc2)c1. The van der Waals surface area contributed by atoms with Gasteiger partial charge in [0.05, 0.1) is 11.0 Å². The summed E-state index contributed by atoms with van der Waals surface area (Å²) in [5, 5.41) is 10.7. The average molecular weight is 311 g/mol. The molecule has 0 radical (unpaired) electrons. The highest BCUT2D eigenvalue weighted by molar-refractivity contribution is 7.92. The zero-order chi connectivity index (χ0) is 14.8. The van der Waals surface area contributed by atoms with Crippen molar-refractivity contribution in [2.24, 2.45) is 0 Å². The van der Waals surface area contributed by atoms with E-state index in [4.69, 9.17) is 11.6 Å². The lowest BCUT2D eigenvalue weighted by molar-refractivity contribution is -0.255. The van der Waals surface area contributed by atoms with Crippen LogP contribution in [0, 0.1) is 0 Å². The minimum absolute atomic E-state index is 0.0709. The summed E-state index contributed by atoms with van der Waals surface area (Å²) in [5.74, 6) is -1.47. The van der Waals surface area contributed by atoms with Crippen molar-refractivity contribution in [3.63, 3.8) is 0 Å². The van der Waals surface area contributed by atoms with Crippen LogP contribution in [0.2, 0.25) is 5.02 Å². The Kier molecular flexibility index (Phi) is 3.96. The molecule has 0 heterocycles. The molecule has 0 fully saturated rings. The molecule has 0 unspecified atom stereocenters. The topological polar surface area (TPSA) is 86.3 Å². The Balaban J connectivity index is 2.44. The molecule has 0 aromatic heterocycles. The number of rotatable bonds is 4. The second-order valence-corrected chi connectivity index (χ2v) is 5.96. The molecule has 0 spiro atoms. The van der Waals surface area contributed by atoms with Crippen LogP contribution in [0.4, 0.5) is 5.69 Å². The van der Waals surface area contributed by atoms with Gasteiger partial charge in [-0.15, -0.1) is 0 Å². The lowest BCUT2D eigenvalue weighted by Gasteiger charge is -2.11. The van der Waals surface area contributed by atoms with Gasteiger partial charge < -0.3 is 9.90 Å². The summed E-state index contributed by atoms with van der Waals surface area (Å²) in [6, 6.07) is 11.5. The van der Waals surface area contributed by atoms with Crippen molar-refractivity contribution in [1.29, 1.82) is 0 Å². The molecule has 0 atom stereocenters. The number of hydrogen-bond acceptors (Lipinski definition) is 4. The molecule has 2 aromatic rings. The van der Waals surface area contributed by atoms with Gasteiger partial charge in [0.25, 0.3) is 10.0 Å². The molecule has 0 bridgehead atoms. The molecule has 20 heavy (non-hydrogen) atoms. The number of anilines is 1. The fourth-order valence-corrected chi connectivity index (χ4v) is 3.14. The molecule has 0 aliphatic rings. The number of para-hydroxylation sites is 1. The van der Waals surface area contributed by atoms with Gasteiger partial charge in [-0.2, -0.15) is 0 Å². The lowest BCUT2D eigenvalue weighted by atomic mass is 10.2. The minimum atomic E-state index is -3.97. The second kappa shape index (κ2) is 5.52. The standard InChI is InChI=1S/C13H10ClNO4S/c14-11-7-6-9(13(16)17)8-12(11)20(18,19)15-10-4-2-1-3-5-10/h1-8,15H,(H,16,17)/p-1. The van der Waals surface area contributed by atoms with E-state index in [1.54, 1.807) is 30.3 Å². The predicted octanol–water partition coefficient (Wildman–Crippen LogP) is 1.50. The summed E-state index contributed by atoms with van der Waals surface area (Å²) >= 11 is 5.82. The monoisotopic (exact) mass is 310 g/mol. The highest BCUT2D eigenvalue weighted by atomic mass is 35.5. The molecule has 104 valence electrons. The maximum absolute atomic E-state index is 12.2. The maximum atomic E-state index is 12.2. The average Bonchev–Trinajstić information content (AvgIpc) is 2.39. The van der Waals surface area contributed by atoms with Crippen molar-refractivity contribution in [3.8, 4) is 0 Å². The summed E-state index contributed by atoms with van der Waals surface area (Å²) in [6.45, 7) is 0. The third-order valence-corrected chi connectivity index (χ3v) is 4.35. The van der Waals surface area contributed by atoms with Gasteiger partial charge in [-0.1, -0.05) is 35.9 Å². The van der Waals surface area contributed by atoms with E-state index in [2.05, 4.69) is 4.72 Å². The van der Waals surface area contributed by atoms with Gasteiger partial charge in [-0.3, -0.25) is 4.72 Å². The summed E-state index contributed by atoms with van der Waals surface area (Å²) in [7, 11) is -3.97. The quantitative estimate of drug-likeness (QED) is 0.927. The molecule has 5 nitrogen and oxygen atoms in total. The highest BCUT2D eigenvalue weighted by Gasteiger charge is 2.18. The van der Waals surface area contributed by atoms with Crippen LogP contribution < -0.4 is 9.83 Å². The maximum Gasteiger partial charge on any atom is 0.263 e. The largest absolute Gasteiger partial charge is 0.545 e. The van der Waals surface area contributed by atoms with Crippen molar-refractivity contribution < 1.29 is 18.3 Å². The third kappa shape index (κ3) is 3.09. The van der Waals surface area contributed by atoms with E-state index in [1.807, 2.05) is 0 Å². The first kappa shape index (κ1) is 14.4. The molecule has 0 aliphatic carbocycles. The van der Waals surface area contributed by atoms with Crippen LogP contribution in [-0.4, -0.2) is 14.4 Å². The first-order valence-electron chi connectivity index (χ1n) is 5.49. The number of benzene rings is 2. The van der Waals surface area contributed by atoms with Crippen LogP contribution >= 0.6 is 11.6 Å². The summed E-state index contributed by atoms with van der Waals surface area (Å²) in [6.07, 6.45) is 0. The molecule has 7 heteroatoms. The Morgan fingerprint density at radius 2 is 1.75 bits per heavy atom. The number of carboxylic acid groups (broad SMARTS) is 1. The molecule has 1 N–H and O–H groups in total. The van der Waals surface area contributed by atoms with Crippen LogP contribution in [0.15, 0.2) is 53.4 Å². The Labute approximate surface area is 120 Å². The molecular weight excluding hydrogens is 302 g/mol. The summed E-state index contributed by atoms with van der Waals surface area (Å²) in [5.41, 5.74) is 0.0882. The number of carbonyl (C=O) groups excluding carboxylic acids is 1. The van der Waals surface area contributed by atoms with E-state index < -0.39 is 16.0 Å². The van der Waals surface area contributed by atoms with E-state index in [0.717, 1.165) is 6.07 Å². The molecule has 0 aliphatic heterocycles. The van der Waals surface area contributed by atoms with Crippen LogP contribution in [0.25, 0.3) is 0 Å². The number of carboxylic acids is 1. The van der Waals surface area contributed by atoms with Crippen molar-refractivity contribution in [2.45, 2.75) is 4.90 Å². The molecular formula is C13H9ClNO4S-. The molecule has 0 amide bonds. The summed E-state index contributed by atoms with van der Waals surface area (Å²) in [4.78, 5) is 10.5. The van der Waals surface area contributed by atoms with Gasteiger partial charge in [0, 0.05) is 5.69 Å². The van der Waals surface area contributed by atoms with Gasteiger partial charge in [-0.25, -0.2) is 8.42 Å². The predicted molar refractivity (Wildman–Crippen MR) is 73.0 cm³/mol. The zero-order valence-electron chi connectivity index (χ0n) is 10.0. The van der Waals surface area contributed by atoms with Crippen LogP contribution in [-0.2, 0) is 10.0 Å². The van der Waals surface area contributed by atoms with Crippen LogP contribution in [0.3, 0.4) is 0 Å². The number of nitrogens with one attached hydrogen (secondary N) is 1. The molecule has 2 rings (SSSR count). The van der Waals surface area contributed by atoms with E-state index in [-0.39, 0.29) is 15.5 Å². The first-order valence-corrected chi connectivity index (χ1v) is 7.35. The van der Waals surface area contributed by atoms with Crippen LogP contribution in [0.1, 0.15) is 10.4 Å². The van der Waals surface area contributed by atoms with Crippen molar-refractivity contribution >= 4 is 33.3 Å². The van der Waals surface area contributed by atoms with Crippen LogP contribution in [0.5, 0.6) is 0 Å². The first-order chi connectivity index (χ1) is 9.40. The van der Waals surface area contributed by atoms with Gasteiger partial charge in [0.2, 0.25) is 0 Å². The fourth-order valence-electron chi connectivity index (χ4n) is 1.55. The summed E-state index contributed by atoms with van der Waals surface area (Å²) < 4.78 is 26.7. The highest BCUT2D eigenvalue weighted by Crippen LogP contribution is 2.24. The fraction of sp³-hybridized carbons (Fsp3) is 0. The van der Waals surface area contributed by atoms with E-state index in [9.17, 15) is 18.3 Å². The van der Waals surface area contributed by atoms with Gasteiger partial charge in [-0.05, 0) is 29.8 Å². The smallest absolute Gasteiger partial charge is 0.263 e. The minimum Gasteiger partial charge on any atom is -0.545 e. The third-order valence-electron chi connectivity index (χ3n) is 2.48. The van der Waals surface area contributed by atoms with Gasteiger partial charge in [0.15, 0.2) is 0 Å². The van der Waals surface area contributed by atoms with E-state index >= 15 is 0 Å². The van der Waals surface area contributed by atoms with E-state index in [0.29, 0.717) is 5.69 Å². The lowest BCUT2D eigenvalue weighted by Crippen LogP contribution is -2.23. The Morgan fingerprint density at radius 3 is 2.35 bits per heavy atom. The Morgan fingerprint density at radius 1 is 1.10 bits per heavy atom. The molecule has 0 saturated heterocycles. The molecule has 2 aromatic carbocycles. The molecule has 0 saturated carbocycles. The van der Waals surface area contributed by atoms with Crippen molar-refractivity contribution in [1.82, 2.24) is 0 Å². The number of carbonyl (C=O) groups is 1. The van der Waals surface area contributed by atoms with Crippen molar-refractivity contribution in [3.05, 3.63) is 59.1 Å². The number of halogens is 1. The number of aromatic carboxylic acids is 1. The second-order valence-electron chi connectivity index (χ2n) is 3.90. The Bertz CT molecular complexity index is 744. The normalized spacial score (nSPS) is 11.1. The number of hydrogen-bond donors (Lipinski definition) is 1.